The number of nitrogens with zero attached hydrogens (tertiary/aromatic N) is 1. The highest BCUT2D eigenvalue weighted by Gasteiger charge is 2.36. The molecule has 9 heteroatoms. The molecule has 2 heterocycles. The molecule has 3 aromatic rings. The van der Waals surface area contributed by atoms with Crippen molar-refractivity contribution >= 4 is 17.7 Å². The molecule has 186 valence electrons. The lowest BCUT2D eigenvalue weighted by Gasteiger charge is -2.17. The van der Waals surface area contributed by atoms with E-state index in [1.54, 1.807) is 61.6 Å². The largest absolute Gasteiger partial charge is 0.457 e. The first-order chi connectivity index (χ1) is 17.2. The van der Waals surface area contributed by atoms with Crippen LogP contribution in [0.4, 0.5) is 23.7 Å². The third-order valence-electron chi connectivity index (χ3n) is 6.56. The SMILES string of the molecule is CN1C(=O)OCC1Cc1ccc(Oc2ccc(CC3C(=O)Nc4ccccc43)cc2C(F)(F)F)cc1. The summed E-state index contributed by atoms with van der Waals surface area (Å²) >= 11 is 0. The second-order valence-corrected chi connectivity index (χ2v) is 8.95. The Morgan fingerprint density at radius 2 is 1.72 bits per heavy atom. The number of benzene rings is 3. The standard InChI is InChI=1S/C27H23F3N2O4/c1-32-18(15-35-26(32)34)12-16-6-9-19(10-7-16)36-24-11-8-17(14-22(24)27(28,29)30)13-21-20-4-2-3-5-23(20)31-25(21)33/h2-11,14,18,21H,12-13,15H2,1H3,(H,31,33). The van der Waals surface area contributed by atoms with Crippen molar-refractivity contribution in [2.24, 2.45) is 0 Å². The number of carbonyl (C=O) groups excluding carboxylic acids is 2. The summed E-state index contributed by atoms with van der Waals surface area (Å²) in [6.45, 7) is 0.295. The van der Waals surface area contributed by atoms with E-state index >= 15 is 0 Å². The number of anilines is 1. The zero-order valence-electron chi connectivity index (χ0n) is 19.3. The predicted molar refractivity (Wildman–Crippen MR) is 126 cm³/mol. The minimum absolute atomic E-state index is 0.0949. The van der Waals surface area contributed by atoms with Crippen LogP contribution in [0.5, 0.6) is 11.5 Å². The smallest absolute Gasteiger partial charge is 0.419 e. The van der Waals surface area contributed by atoms with E-state index in [0.717, 1.165) is 17.2 Å². The van der Waals surface area contributed by atoms with Crippen molar-refractivity contribution in [2.75, 3.05) is 19.0 Å². The van der Waals surface area contributed by atoms with Gasteiger partial charge in [-0.05, 0) is 59.9 Å². The van der Waals surface area contributed by atoms with Crippen LogP contribution in [0.15, 0.2) is 66.7 Å². The van der Waals surface area contributed by atoms with Crippen molar-refractivity contribution in [2.45, 2.75) is 31.0 Å². The number of hydrogen-bond acceptors (Lipinski definition) is 4. The molecule has 0 aromatic heterocycles. The topological polar surface area (TPSA) is 67.9 Å². The normalized spacial score (nSPS) is 19.2. The van der Waals surface area contributed by atoms with Crippen molar-refractivity contribution in [3.63, 3.8) is 0 Å². The van der Waals surface area contributed by atoms with Crippen LogP contribution in [0.2, 0.25) is 0 Å². The van der Waals surface area contributed by atoms with Gasteiger partial charge in [-0.15, -0.1) is 0 Å². The maximum absolute atomic E-state index is 13.9. The van der Waals surface area contributed by atoms with Crippen molar-refractivity contribution in [1.29, 1.82) is 0 Å². The Morgan fingerprint density at radius 1 is 1.00 bits per heavy atom. The number of ether oxygens (including phenoxy) is 2. The highest BCUT2D eigenvalue weighted by atomic mass is 19.4. The number of cyclic esters (lactones) is 1. The zero-order chi connectivity index (χ0) is 25.4. The molecule has 1 saturated heterocycles. The van der Waals surface area contributed by atoms with E-state index in [1.165, 1.54) is 11.0 Å². The molecule has 36 heavy (non-hydrogen) atoms. The molecule has 2 aliphatic rings. The van der Waals surface area contributed by atoms with Crippen molar-refractivity contribution in [3.8, 4) is 11.5 Å². The molecule has 0 saturated carbocycles. The van der Waals surface area contributed by atoms with Crippen molar-refractivity contribution < 1.29 is 32.2 Å². The van der Waals surface area contributed by atoms with Crippen LogP contribution >= 0.6 is 0 Å². The molecule has 5 rings (SSSR count). The summed E-state index contributed by atoms with van der Waals surface area (Å²) in [6, 6.07) is 17.7. The number of alkyl halides is 3. The first kappa shape index (κ1) is 23.7. The van der Waals surface area contributed by atoms with Gasteiger partial charge >= 0.3 is 12.3 Å². The molecule has 1 N–H and O–H groups in total. The number of fused-ring (bicyclic) bond motifs is 1. The Balaban J connectivity index is 1.33. The summed E-state index contributed by atoms with van der Waals surface area (Å²) in [5.74, 6) is -0.843. The van der Waals surface area contributed by atoms with Gasteiger partial charge in [0.25, 0.3) is 0 Å². The van der Waals surface area contributed by atoms with Gasteiger partial charge in [0.2, 0.25) is 5.91 Å². The molecular formula is C27H23F3N2O4. The summed E-state index contributed by atoms with van der Waals surface area (Å²) in [5, 5.41) is 2.78. The molecule has 6 nitrogen and oxygen atoms in total. The van der Waals surface area contributed by atoms with Crippen molar-refractivity contribution in [3.05, 3.63) is 89.0 Å². The predicted octanol–water partition coefficient (Wildman–Crippen LogP) is 5.77. The van der Waals surface area contributed by atoms with Gasteiger partial charge in [-0.3, -0.25) is 4.79 Å². The molecule has 0 aliphatic carbocycles. The van der Waals surface area contributed by atoms with E-state index in [2.05, 4.69) is 5.32 Å². The fourth-order valence-electron chi connectivity index (χ4n) is 4.55. The van der Waals surface area contributed by atoms with Gasteiger partial charge in [0, 0.05) is 12.7 Å². The maximum Gasteiger partial charge on any atom is 0.419 e. The average molecular weight is 496 g/mol. The first-order valence-corrected chi connectivity index (χ1v) is 11.5. The number of amides is 2. The van der Waals surface area contributed by atoms with Gasteiger partial charge in [0.15, 0.2) is 0 Å². The van der Waals surface area contributed by atoms with Gasteiger partial charge in [0.05, 0.1) is 17.5 Å². The maximum atomic E-state index is 13.9. The number of carbonyl (C=O) groups is 2. The minimum Gasteiger partial charge on any atom is -0.457 e. The molecule has 0 bridgehead atoms. The molecule has 0 radical (unpaired) electrons. The quantitative estimate of drug-likeness (QED) is 0.471. The highest BCUT2D eigenvalue weighted by Crippen LogP contribution is 2.41. The molecule has 2 amide bonds. The number of nitrogens with one attached hydrogen (secondary N) is 1. The van der Waals surface area contributed by atoms with E-state index in [9.17, 15) is 22.8 Å². The summed E-state index contributed by atoms with van der Waals surface area (Å²) in [5.41, 5.74) is 1.85. The second kappa shape index (κ2) is 9.22. The summed E-state index contributed by atoms with van der Waals surface area (Å²) in [4.78, 5) is 25.4. The van der Waals surface area contributed by atoms with E-state index in [0.29, 0.717) is 24.3 Å². The Kier molecular flexibility index (Phi) is 6.07. The Morgan fingerprint density at radius 3 is 2.42 bits per heavy atom. The minimum atomic E-state index is -4.64. The van der Waals surface area contributed by atoms with Gasteiger partial charge in [-0.2, -0.15) is 13.2 Å². The lowest BCUT2D eigenvalue weighted by atomic mass is 9.92. The molecule has 2 aliphatic heterocycles. The molecule has 0 spiro atoms. The van der Waals surface area contributed by atoms with E-state index in [1.807, 2.05) is 0 Å². The van der Waals surface area contributed by atoms with Crippen LogP contribution in [0.25, 0.3) is 0 Å². The molecular weight excluding hydrogens is 473 g/mol. The van der Waals surface area contributed by atoms with Gasteiger partial charge in [-0.25, -0.2) is 4.79 Å². The number of rotatable bonds is 6. The summed E-state index contributed by atoms with van der Waals surface area (Å²) in [6.07, 6.45) is -4.31. The van der Waals surface area contributed by atoms with Gasteiger partial charge in [-0.1, -0.05) is 36.4 Å². The Bertz CT molecular complexity index is 1310. The van der Waals surface area contributed by atoms with E-state index < -0.39 is 17.7 Å². The fourth-order valence-corrected chi connectivity index (χ4v) is 4.55. The summed E-state index contributed by atoms with van der Waals surface area (Å²) in [7, 11) is 1.66. The van der Waals surface area contributed by atoms with Crippen molar-refractivity contribution in [1.82, 2.24) is 4.90 Å². The van der Waals surface area contributed by atoms with Crippen LogP contribution in [-0.2, 0) is 28.5 Å². The summed E-state index contributed by atoms with van der Waals surface area (Å²) < 4.78 is 52.4. The third kappa shape index (κ3) is 4.73. The zero-order valence-corrected chi connectivity index (χ0v) is 19.3. The first-order valence-electron chi connectivity index (χ1n) is 11.5. The van der Waals surface area contributed by atoms with Crippen LogP contribution < -0.4 is 10.1 Å². The van der Waals surface area contributed by atoms with E-state index in [-0.39, 0.29) is 36.0 Å². The Labute approximate surface area is 205 Å². The van der Waals surface area contributed by atoms with Crippen LogP contribution in [0.1, 0.15) is 28.2 Å². The Hall–Kier alpha value is -4.01. The fraction of sp³-hybridized carbons (Fsp3) is 0.259. The van der Waals surface area contributed by atoms with E-state index in [4.69, 9.17) is 9.47 Å². The number of hydrogen-bond donors (Lipinski definition) is 1. The van der Waals surface area contributed by atoms with Crippen LogP contribution in [0.3, 0.4) is 0 Å². The molecule has 2 atom stereocenters. The monoisotopic (exact) mass is 496 g/mol. The van der Waals surface area contributed by atoms with Gasteiger partial charge < -0.3 is 19.7 Å². The van der Waals surface area contributed by atoms with Crippen LogP contribution in [-0.4, -0.2) is 36.6 Å². The number of halogens is 3. The van der Waals surface area contributed by atoms with Crippen LogP contribution in [0, 0.1) is 0 Å². The second-order valence-electron chi connectivity index (χ2n) is 8.95. The van der Waals surface area contributed by atoms with Gasteiger partial charge in [0.1, 0.15) is 18.1 Å². The molecule has 3 aromatic carbocycles. The number of likely N-dealkylation sites (N-methyl/N-ethyl adjacent to an activating group) is 1. The lowest BCUT2D eigenvalue weighted by molar-refractivity contribution is -0.138. The number of para-hydroxylation sites is 1. The third-order valence-corrected chi connectivity index (χ3v) is 6.56. The molecule has 1 fully saturated rings. The lowest BCUT2D eigenvalue weighted by Crippen LogP contribution is -2.30. The average Bonchev–Trinajstić information content (AvgIpc) is 3.33. The highest BCUT2D eigenvalue weighted by molar-refractivity contribution is 6.03. The molecule has 2 unspecified atom stereocenters.